The summed E-state index contributed by atoms with van der Waals surface area (Å²) in [7, 11) is 1.44. The highest BCUT2D eigenvalue weighted by atomic mass is 35.5. The highest BCUT2D eigenvalue weighted by Crippen LogP contribution is 2.44. The number of amides is 1. The summed E-state index contributed by atoms with van der Waals surface area (Å²) < 4.78 is 5.21. The molecule has 0 bridgehead atoms. The number of carbonyl (C=O) groups is 2. The van der Waals surface area contributed by atoms with Gasteiger partial charge in [0.15, 0.2) is 5.75 Å². The lowest BCUT2D eigenvalue weighted by Gasteiger charge is -2.27. The Morgan fingerprint density at radius 2 is 1.54 bits per heavy atom. The van der Waals surface area contributed by atoms with Crippen molar-refractivity contribution in [3.05, 3.63) is 93.0 Å². The molecular weight excluding hydrogens is 511 g/mol. The lowest BCUT2D eigenvalue weighted by Crippen LogP contribution is -2.29. The van der Waals surface area contributed by atoms with E-state index in [2.05, 4.69) is 4.90 Å². The summed E-state index contributed by atoms with van der Waals surface area (Å²) in [5.74, 6) is -1.59. The van der Waals surface area contributed by atoms with Crippen LogP contribution in [0.25, 0.3) is 5.76 Å². The number of hydrogen-bond acceptors (Lipinski definition) is 5. The Labute approximate surface area is 225 Å². The standard InChI is InChI=1S/C29H26Cl2N2O4/c1-17-7-3-4-8-21(17)25-24(26(34)18-15-22(30)28(37-2)23(31)16-18)27(35)29(36)33(25)20-11-9-19(10-12-20)32-13-5-6-14-32/h3-4,7-12,15-16,25,34H,5-6,13-14H2,1-2H3/b26-24+. The molecule has 37 heavy (non-hydrogen) atoms. The summed E-state index contributed by atoms with van der Waals surface area (Å²) in [5, 5.41) is 11.8. The predicted molar refractivity (Wildman–Crippen MR) is 147 cm³/mol. The van der Waals surface area contributed by atoms with Gasteiger partial charge in [-0.05, 0) is 67.3 Å². The van der Waals surface area contributed by atoms with E-state index in [9.17, 15) is 14.7 Å². The van der Waals surface area contributed by atoms with Crippen molar-refractivity contribution in [2.75, 3.05) is 30.0 Å². The molecule has 8 heteroatoms. The first-order chi connectivity index (χ1) is 17.8. The molecule has 0 aliphatic carbocycles. The summed E-state index contributed by atoms with van der Waals surface area (Å²) in [5.41, 5.74) is 3.45. The molecule has 2 fully saturated rings. The van der Waals surface area contributed by atoms with Crippen LogP contribution in [0.2, 0.25) is 10.0 Å². The van der Waals surface area contributed by atoms with Gasteiger partial charge in [-0.15, -0.1) is 0 Å². The molecule has 0 aromatic heterocycles. The largest absolute Gasteiger partial charge is 0.507 e. The molecule has 6 nitrogen and oxygen atoms in total. The quantitative estimate of drug-likeness (QED) is 0.228. The Morgan fingerprint density at radius 1 is 0.946 bits per heavy atom. The summed E-state index contributed by atoms with van der Waals surface area (Å²) in [6.07, 6.45) is 2.31. The van der Waals surface area contributed by atoms with Crippen LogP contribution in [0.15, 0.2) is 66.2 Å². The third kappa shape index (κ3) is 4.45. The number of anilines is 2. The van der Waals surface area contributed by atoms with E-state index >= 15 is 0 Å². The van der Waals surface area contributed by atoms with Crippen LogP contribution in [0.4, 0.5) is 11.4 Å². The monoisotopic (exact) mass is 536 g/mol. The number of aliphatic hydroxyl groups is 1. The van der Waals surface area contributed by atoms with Gasteiger partial charge in [0.25, 0.3) is 11.7 Å². The van der Waals surface area contributed by atoms with Gasteiger partial charge in [0.2, 0.25) is 0 Å². The van der Waals surface area contributed by atoms with Gasteiger partial charge in [0.1, 0.15) is 5.76 Å². The molecular formula is C29H26Cl2N2O4. The van der Waals surface area contributed by atoms with Crippen molar-refractivity contribution < 1.29 is 19.4 Å². The maximum absolute atomic E-state index is 13.5. The number of halogens is 2. The molecule has 0 radical (unpaired) electrons. The van der Waals surface area contributed by atoms with Crippen LogP contribution in [0.1, 0.15) is 35.6 Å². The van der Waals surface area contributed by atoms with Gasteiger partial charge in [0.05, 0.1) is 28.8 Å². The number of nitrogens with zero attached hydrogens (tertiary/aromatic N) is 2. The Hall–Kier alpha value is -3.48. The van der Waals surface area contributed by atoms with Crippen LogP contribution in [0, 0.1) is 6.92 Å². The number of hydrogen-bond donors (Lipinski definition) is 1. The van der Waals surface area contributed by atoms with Crippen molar-refractivity contribution in [2.45, 2.75) is 25.8 Å². The molecule has 190 valence electrons. The number of carbonyl (C=O) groups excluding carboxylic acids is 2. The lowest BCUT2D eigenvalue weighted by atomic mass is 9.92. The summed E-state index contributed by atoms with van der Waals surface area (Å²) >= 11 is 12.6. The Balaban J connectivity index is 1.66. The molecule has 2 aliphatic heterocycles. The van der Waals surface area contributed by atoms with E-state index in [1.165, 1.54) is 24.1 Å². The second-order valence-corrected chi connectivity index (χ2v) is 10.0. The summed E-state index contributed by atoms with van der Waals surface area (Å²) in [6.45, 7) is 3.91. The van der Waals surface area contributed by atoms with Crippen LogP contribution < -0.4 is 14.5 Å². The minimum absolute atomic E-state index is 0.0276. The summed E-state index contributed by atoms with van der Waals surface area (Å²) in [6, 6.07) is 17.2. The fourth-order valence-electron chi connectivity index (χ4n) is 5.13. The Bertz CT molecular complexity index is 1390. The number of ether oxygens (including phenoxy) is 1. The molecule has 2 aliphatic rings. The van der Waals surface area contributed by atoms with Gasteiger partial charge in [-0.3, -0.25) is 14.5 Å². The van der Waals surface area contributed by atoms with Crippen LogP contribution in [0.3, 0.4) is 0 Å². The number of ketones is 1. The molecule has 1 atom stereocenters. The van der Waals surface area contributed by atoms with Crippen LogP contribution in [-0.2, 0) is 9.59 Å². The van der Waals surface area contributed by atoms with E-state index in [0.717, 1.165) is 42.7 Å². The third-order valence-corrected chi connectivity index (χ3v) is 7.56. The van der Waals surface area contributed by atoms with Crippen LogP contribution >= 0.6 is 23.2 Å². The first-order valence-corrected chi connectivity index (χ1v) is 12.8. The second kappa shape index (κ2) is 10.1. The predicted octanol–water partition coefficient (Wildman–Crippen LogP) is 6.54. The smallest absolute Gasteiger partial charge is 0.300 e. The van der Waals surface area contributed by atoms with E-state index in [1.807, 2.05) is 55.5 Å². The molecule has 1 unspecified atom stereocenters. The molecule has 3 aromatic rings. The van der Waals surface area contributed by atoms with E-state index in [-0.39, 0.29) is 32.7 Å². The Morgan fingerprint density at radius 3 is 2.14 bits per heavy atom. The average Bonchev–Trinajstić information content (AvgIpc) is 3.51. The molecule has 0 saturated carbocycles. The molecule has 0 spiro atoms. The molecule has 1 amide bonds. The van der Waals surface area contributed by atoms with Gasteiger partial charge in [-0.2, -0.15) is 0 Å². The zero-order valence-electron chi connectivity index (χ0n) is 20.5. The minimum Gasteiger partial charge on any atom is -0.507 e. The first-order valence-electron chi connectivity index (χ1n) is 12.1. The number of benzene rings is 3. The number of Topliss-reactive ketones (excluding diaryl/α,β-unsaturated/α-hetero) is 1. The fourth-order valence-corrected chi connectivity index (χ4v) is 5.77. The zero-order valence-corrected chi connectivity index (χ0v) is 22.0. The number of aryl methyl sites for hydroxylation is 1. The molecule has 2 saturated heterocycles. The first kappa shape index (κ1) is 25.2. The highest BCUT2D eigenvalue weighted by Gasteiger charge is 2.47. The van der Waals surface area contributed by atoms with Crippen molar-refractivity contribution in [2.24, 2.45) is 0 Å². The lowest BCUT2D eigenvalue weighted by molar-refractivity contribution is -0.132. The zero-order chi connectivity index (χ0) is 26.3. The second-order valence-electron chi connectivity index (χ2n) is 9.21. The van der Waals surface area contributed by atoms with Gasteiger partial charge in [-0.1, -0.05) is 47.5 Å². The summed E-state index contributed by atoms with van der Waals surface area (Å²) in [4.78, 5) is 30.7. The van der Waals surface area contributed by atoms with E-state index < -0.39 is 17.7 Å². The minimum atomic E-state index is -0.835. The van der Waals surface area contributed by atoms with Crippen molar-refractivity contribution in [1.82, 2.24) is 0 Å². The maximum atomic E-state index is 13.5. The van der Waals surface area contributed by atoms with Crippen LogP contribution in [-0.4, -0.2) is 37.0 Å². The number of rotatable bonds is 5. The van der Waals surface area contributed by atoms with Gasteiger partial charge >= 0.3 is 0 Å². The fraction of sp³-hybridized carbons (Fsp3) is 0.241. The van der Waals surface area contributed by atoms with Crippen molar-refractivity contribution >= 4 is 52.0 Å². The number of methoxy groups -OCH3 is 1. The molecule has 2 heterocycles. The van der Waals surface area contributed by atoms with Crippen LogP contribution in [0.5, 0.6) is 5.75 Å². The third-order valence-electron chi connectivity index (χ3n) is 7.00. The average molecular weight is 537 g/mol. The maximum Gasteiger partial charge on any atom is 0.300 e. The van der Waals surface area contributed by atoms with Gasteiger partial charge < -0.3 is 14.7 Å². The van der Waals surface area contributed by atoms with Crippen molar-refractivity contribution in [1.29, 1.82) is 0 Å². The number of aliphatic hydroxyl groups excluding tert-OH is 1. The van der Waals surface area contributed by atoms with E-state index in [4.69, 9.17) is 27.9 Å². The highest BCUT2D eigenvalue weighted by molar-refractivity contribution is 6.51. The van der Waals surface area contributed by atoms with E-state index in [0.29, 0.717) is 5.69 Å². The molecule has 1 N–H and O–H groups in total. The van der Waals surface area contributed by atoms with Gasteiger partial charge in [0, 0.05) is 30.0 Å². The van der Waals surface area contributed by atoms with Gasteiger partial charge in [-0.25, -0.2) is 0 Å². The molecule has 5 rings (SSSR count). The topological polar surface area (TPSA) is 70.1 Å². The van der Waals surface area contributed by atoms with Crippen molar-refractivity contribution in [3.8, 4) is 5.75 Å². The normalized spacial score (nSPS) is 19.1. The SMILES string of the molecule is COc1c(Cl)cc(/C(O)=C2\C(=O)C(=O)N(c3ccc(N4CCCC4)cc3)C2c2ccccc2C)cc1Cl. The Kier molecular flexibility index (Phi) is 6.88. The van der Waals surface area contributed by atoms with E-state index in [1.54, 1.807) is 0 Å². The van der Waals surface area contributed by atoms with Crippen molar-refractivity contribution in [3.63, 3.8) is 0 Å². The molecule has 3 aromatic carbocycles.